The van der Waals surface area contributed by atoms with Crippen molar-refractivity contribution in [1.29, 1.82) is 0 Å². The highest BCUT2D eigenvalue weighted by molar-refractivity contribution is 6.18. The fraction of sp³-hybridized carbons (Fsp3) is 0. The SMILES string of the molecule is c1ccc(-c2ccc(-c3ccc(N(c4ccc(-c5ccc6c7c(cccc57)-c5ccccc5-6)cc4)c4cccnc4)cc3)cc2)cc1. The number of rotatable bonds is 6. The molecule has 0 unspecified atom stereocenters. The molecule has 2 heteroatoms. The lowest BCUT2D eigenvalue weighted by atomic mass is 9.94. The minimum absolute atomic E-state index is 1.02. The molecule has 0 spiro atoms. The Morgan fingerprint density at radius 1 is 0.319 bits per heavy atom. The Balaban J connectivity index is 1.05. The second kappa shape index (κ2) is 11.3. The number of pyridine rings is 1. The van der Waals surface area contributed by atoms with Crippen LogP contribution >= 0.6 is 0 Å². The average Bonchev–Trinajstić information content (AvgIpc) is 3.48. The normalized spacial score (nSPS) is 11.4. The highest BCUT2D eigenvalue weighted by Gasteiger charge is 2.22. The molecule has 1 aliphatic carbocycles. The third-order valence-electron chi connectivity index (χ3n) is 9.34. The Kier molecular flexibility index (Phi) is 6.50. The summed E-state index contributed by atoms with van der Waals surface area (Å²) in [5, 5.41) is 2.64. The number of benzene rings is 7. The Hall–Kier alpha value is -6.25. The molecule has 1 heterocycles. The molecular formula is C45H30N2. The van der Waals surface area contributed by atoms with E-state index in [1.807, 2.05) is 18.5 Å². The van der Waals surface area contributed by atoms with E-state index < -0.39 is 0 Å². The van der Waals surface area contributed by atoms with Gasteiger partial charge in [-0.2, -0.15) is 0 Å². The van der Waals surface area contributed by atoms with E-state index in [1.165, 1.54) is 66.4 Å². The van der Waals surface area contributed by atoms with E-state index in [9.17, 15) is 0 Å². The largest absolute Gasteiger partial charge is 0.309 e. The molecule has 0 saturated carbocycles. The molecule has 0 bridgehead atoms. The zero-order valence-corrected chi connectivity index (χ0v) is 25.7. The minimum atomic E-state index is 1.02. The number of nitrogens with zero attached hydrogens (tertiary/aromatic N) is 2. The second-order valence-corrected chi connectivity index (χ2v) is 12.0. The van der Waals surface area contributed by atoms with E-state index in [4.69, 9.17) is 0 Å². The number of aromatic nitrogens is 1. The lowest BCUT2D eigenvalue weighted by molar-refractivity contribution is 1.23. The molecule has 0 fully saturated rings. The van der Waals surface area contributed by atoms with Crippen molar-refractivity contribution in [2.45, 2.75) is 0 Å². The van der Waals surface area contributed by atoms with Gasteiger partial charge in [0.1, 0.15) is 0 Å². The summed E-state index contributed by atoms with van der Waals surface area (Å²) in [5.41, 5.74) is 15.8. The van der Waals surface area contributed by atoms with Crippen molar-refractivity contribution in [1.82, 2.24) is 4.98 Å². The molecule has 1 aromatic heterocycles. The van der Waals surface area contributed by atoms with Gasteiger partial charge >= 0.3 is 0 Å². The quantitative estimate of drug-likeness (QED) is 0.189. The second-order valence-electron chi connectivity index (χ2n) is 12.0. The summed E-state index contributed by atoms with van der Waals surface area (Å²) >= 11 is 0. The molecule has 220 valence electrons. The number of fused-ring (bicyclic) bond motifs is 3. The van der Waals surface area contributed by atoms with E-state index in [0.29, 0.717) is 0 Å². The summed E-state index contributed by atoms with van der Waals surface area (Å²) in [4.78, 5) is 6.72. The number of anilines is 3. The van der Waals surface area contributed by atoms with Crippen LogP contribution in [0, 0.1) is 0 Å². The molecule has 0 radical (unpaired) electrons. The molecule has 0 saturated heterocycles. The van der Waals surface area contributed by atoms with Gasteiger partial charge in [-0.25, -0.2) is 0 Å². The molecule has 0 amide bonds. The van der Waals surface area contributed by atoms with E-state index in [2.05, 4.69) is 174 Å². The summed E-state index contributed by atoms with van der Waals surface area (Å²) in [6.07, 6.45) is 3.74. The lowest BCUT2D eigenvalue weighted by Crippen LogP contribution is -2.10. The predicted octanol–water partition coefficient (Wildman–Crippen LogP) is 12.4. The fourth-order valence-corrected chi connectivity index (χ4v) is 7.07. The predicted molar refractivity (Wildman–Crippen MR) is 197 cm³/mol. The Labute approximate surface area is 274 Å². The van der Waals surface area contributed by atoms with Gasteiger partial charge in [-0.1, -0.05) is 133 Å². The van der Waals surface area contributed by atoms with Crippen molar-refractivity contribution in [2.75, 3.05) is 4.90 Å². The first-order valence-corrected chi connectivity index (χ1v) is 16.0. The summed E-state index contributed by atoms with van der Waals surface area (Å²) < 4.78 is 0. The van der Waals surface area contributed by atoms with Crippen molar-refractivity contribution < 1.29 is 0 Å². The van der Waals surface area contributed by atoms with Gasteiger partial charge in [0.2, 0.25) is 0 Å². The highest BCUT2D eigenvalue weighted by atomic mass is 15.1. The first-order valence-electron chi connectivity index (χ1n) is 16.0. The molecule has 1 aliphatic rings. The Morgan fingerprint density at radius 3 is 1.45 bits per heavy atom. The van der Waals surface area contributed by atoms with Gasteiger partial charge in [0.25, 0.3) is 0 Å². The molecule has 9 rings (SSSR count). The Morgan fingerprint density at radius 2 is 0.830 bits per heavy atom. The fourth-order valence-electron chi connectivity index (χ4n) is 7.07. The molecular weight excluding hydrogens is 569 g/mol. The van der Waals surface area contributed by atoms with Crippen LogP contribution in [-0.2, 0) is 0 Å². The van der Waals surface area contributed by atoms with Crippen LogP contribution in [0.15, 0.2) is 182 Å². The average molecular weight is 599 g/mol. The highest BCUT2D eigenvalue weighted by Crippen LogP contribution is 2.49. The number of hydrogen-bond acceptors (Lipinski definition) is 2. The summed E-state index contributed by atoms with van der Waals surface area (Å²) in [5.74, 6) is 0. The van der Waals surface area contributed by atoms with Gasteiger partial charge < -0.3 is 4.90 Å². The van der Waals surface area contributed by atoms with Crippen LogP contribution in [0.25, 0.3) is 66.4 Å². The van der Waals surface area contributed by atoms with Gasteiger partial charge in [0.05, 0.1) is 11.9 Å². The molecule has 47 heavy (non-hydrogen) atoms. The first-order chi connectivity index (χ1) is 23.3. The third kappa shape index (κ3) is 4.70. The van der Waals surface area contributed by atoms with Crippen molar-refractivity contribution in [2.24, 2.45) is 0 Å². The van der Waals surface area contributed by atoms with Gasteiger partial charge in [-0.15, -0.1) is 0 Å². The lowest BCUT2D eigenvalue weighted by Gasteiger charge is -2.25. The van der Waals surface area contributed by atoms with Crippen molar-refractivity contribution >= 4 is 27.8 Å². The molecule has 8 aromatic rings. The summed E-state index contributed by atoms with van der Waals surface area (Å²) in [6, 6.07) is 61.1. The van der Waals surface area contributed by atoms with Gasteiger partial charge in [-0.3, -0.25) is 4.98 Å². The van der Waals surface area contributed by atoms with E-state index >= 15 is 0 Å². The van der Waals surface area contributed by atoms with E-state index in [1.54, 1.807) is 0 Å². The standard InChI is InChI=1S/C45H30N2/c1-2-8-31(9-3-1)32-15-17-33(18-16-32)34-19-23-36(24-20-34)47(38-10-7-29-46-30-38)37-25-21-35(22-26-37)39-27-28-44-41-12-5-4-11-40(41)43-14-6-13-42(39)45(43)44/h1-30H. The smallest absolute Gasteiger partial charge is 0.0644 e. The molecule has 0 aliphatic heterocycles. The van der Waals surface area contributed by atoms with Crippen LogP contribution < -0.4 is 4.90 Å². The molecule has 0 N–H and O–H groups in total. The van der Waals surface area contributed by atoms with Crippen LogP contribution in [0.2, 0.25) is 0 Å². The van der Waals surface area contributed by atoms with Crippen LogP contribution in [0.4, 0.5) is 17.1 Å². The van der Waals surface area contributed by atoms with Crippen molar-refractivity contribution in [3.63, 3.8) is 0 Å². The summed E-state index contributed by atoms with van der Waals surface area (Å²) in [6.45, 7) is 0. The monoisotopic (exact) mass is 598 g/mol. The van der Waals surface area contributed by atoms with Crippen molar-refractivity contribution in [3.8, 4) is 55.6 Å². The zero-order chi connectivity index (χ0) is 31.2. The van der Waals surface area contributed by atoms with E-state index in [0.717, 1.165) is 17.1 Å². The van der Waals surface area contributed by atoms with Gasteiger partial charge in [-0.05, 0) is 103 Å². The minimum Gasteiger partial charge on any atom is -0.309 e. The molecule has 7 aromatic carbocycles. The molecule has 2 nitrogen and oxygen atoms in total. The van der Waals surface area contributed by atoms with Crippen LogP contribution in [0.5, 0.6) is 0 Å². The van der Waals surface area contributed by atoms with Gasteiger partial charge in [0.15, 0.2) is 0 Å². The topological polar surface area (TPSA) is 16.1 Å². The maximum Gasteiger partial charge on any atom is 0.0644 e. The first kappa shape index (κ1) is 27.1. The maximum absolute atomic E-state index is 4.45. The third-order valence-corrected chi connectivity index (χ3v) is 9.34. The summed E-state index contributed by atoms with van der Waals surface area (Å²) in [7, 11) is 0. The Bertz CT molecular complexity index is 2330. The zero-order valence-electron chi connectivity index (χ0n) is 25.7. The van der Waals surface area contributed by atoms with Crippen molar-refractivity contribution in [3.05, 3.63) is 182 Å². The number of hydrogen-bond donors (Lipinski definition) is 0. The van der Waals surface area contributed by atoms with Gasteiger partial charge in [0, 0.05) is 17.6 Å². The molecule has 0 atom stereocenters. The maximum atomic E-state index is 4.45. The van der Waals surface area contributed by atoms with E-state index in [-0.39, 0.29) is 0 Å². The van der Waals surface area contributed by atoms with Crippen LogP contribution in [0.3, 0.4) is 0 Å². The van der Waals surface area contributed by atoms with Crippen LogP contribution in [-0.4, -0.2) is 4.98 Å². The van der Waals surface area contributed by atoms with Crippen LogP contribution in [0.1, 0.15) is 0 Å².